The molecule has 2 N–H and O–H groups in total. The van der Waals surface area contributed by atoms with E-state index in [0.717, 1.165) is 12.8 Å². The average molecular weight is 192 g/mol. The van der Waals surface area contributed by atoms with Crippen molar-refractivity contribution >= 4 is 41.2 Å². The van der Waals surface area contributed by atoms with E-state index in [1.165, 1.54) is 11.3 Å². The van der Waals surface area contributed by atoms with E-state index in [0.29, 0.717) is 11.0 Å². The summed E-state index contributed by atoms with van der Waals surface area (Å²) in [5.74, 6) is -0.959. The van der Waals surface area contributed by atoms with E-state index in [2.05, 4.69) is 10.3 Å². The monoisotopic (exact) mass is 192 g/mol. The van der Waals surface area contributed by atoms with Gasteiger partial charge in [0.2, 0.25) is 0 Å². The summed E-state index contributed by atoms with van der Waals surface area (Å²) in [7, 11) is 0. The zero-order valence-corrected chi connectivity index (χ0v) is 7.10. The number of carboxylic acids is 1. The Kier molecular flexibility index (Phi) is 3.37. The number of nitrogens with one attached hydrogen (secondary N) is 1. The molecule has 2 rings (SSSR count). The first-order chi connectivity index (χ1) is 5.77. The van der Waals surface area contributed by atoms with Crippen LogP contribution in [0.3, 0.4) is 0 Å². The number of rotatable bonds is 3. The van der Waals surface area contributed by atoms with E-state index in [1.54, 1.807) is 5.51 Å². The van der Waals surface area contributed by atoms with Crippen LogP contribution in [0.15, 0.2) is 5.51 Å². The SMILES string of the molecule is O=C(O)c1ncsc1NC1CC1.[LiH]. The van der Waals surface area contributed by atoms with Crippen LogP contribution in [0.1, 0.15) is 23.3 Å². The summed E-state index contributed by atoms with van der Waals surface area (Å²) in [4.78, 5) is 14.3. The molecule has 4 nitrogen and oxygen atoms in total. The second-order valence-electron chi connectivity index (χ2n) is 2.75. The van der Waals surface area contributed by atoms with Crippen molar-refractivity contribution in [3.05, 3.63) is 11.2 Å². The van der Waals surface area contributed by atoms with Crippen LogP contribution in [0, 0.1) is 0 Å². The number of aromatic carboxylic acids is 1. The van der Waals surface area contributed by atoms with Gasteiger partial charge in [0, 0.05) is 6.04 Å². The number of hydrogen-bond donors (Lipinski definition) is 2. The minimum absolute atomic E-state index is 0. The molecule has 0 bridgehead atoms. The van der Waals surface area contributed by atoms with E-state index < -0.39 is 5.97 Å². The molecule has 0 amide bonds. The van der Waals surface area contributed by atoms with Crippen molar-refractivity contribution in [3.8, 4) is 0 Å². The fourth-order valence-corrected chi connectivity index (χ4v) is 1.66. The first-order valence-electron chi connectivity index (χ1n) is 3.70. The number of thiazole rings is 1. The number of carboxylic acid groups (broad SMARTS) is 1. The predicted octanol–water partition coefficient (Wildman–Crippen LogP) is 0.767. The molecular formula is C7H9LiN2O2S. The van der Waals surface area contributed by atoms with Crippen LogP contribution in [0.4, 0.5) is 5.00 Å². The van der Waals surface area contributed by atoms with Crippen LogP contribution in [0.2, 0.25) is 0 Å². The van der Waals surface area contributed by atoms with Gasteiger partial charge in [-0.1, -0.05) is 0 Å². The van der Waals surface area contributed by atoms with Gasteiger partial charge in [0.05, 0.1) is 5.51 Å². The van der Waals surface area contributed by atoms with Gasteiger partial charge in [-0.3, -0.25) is 0 Å². The standard InChI is InChI=1S/C7H8N2O2S.Li.H/c10-7(11)5-6(12-3-8-5)9-4-1-2-4;;/h3-4,9H,1-2H2,(H,10,11);;. The first-order valence-corrected chi connectivity index (χ1v) is 4.58. The van der Waals surface area contributed by atoms with Crippen molar-refractivity contribution in [2.45, 2.75) is 18.9 Å². The summed E-state index contributed by atoms with van der Waals surface area (Å²) in [5.41, 5.74) is 1.70. The summed E-state index contributed by atoms with van der Waals surface area (Å²) in [6.07, 6.45) is 2.27. The summed E-state index contributed by atoms with van der Waals surface area (Å²) in [6, 6.07) is 0.476. The van der Waals surface area contributed by atoms with Crippen LogP contribution >= 0.6 is 11.3 Å². The number of nitrogens with zero attached hydrogens (tertiary/aromatic N) is 1. The van der Waals surface area contributed by atoms with Gasteiger partial charge in [-0.25, -0.2) is 9.78 Å². The molecule has 66 valence electrons. The van der Waals surface area contributed by atoms with Crippen LogP contribution < -0.4 is 5.32 Å². The third-order valence-electron chi connectivity index (χ3n) is 1.68. The van der Waals surface area contributed by atoms with Crippen molar-refractivity contribution in [1.82, 2.24) is 4.98 Å². The van der Waals surface area contributed by atoms with Crippen molar-refractivity contribution in [3.63, 3.8) is 0 Å². The Bertz CT molecular complexity index is 311. The van der Waals surface area contributed by atoms with Gasteiger partial charge in [-0.2, -0.15) is 0 Å². The van der Waals surface area contributed by atoms with Crippen LogP contribution in [0.25, 0.3) is 0 Å². The van der Waals surface area contributed by atoms with Crippen molar-refractivity contribution < 1.29 is 9.90 Å². The van der Waals surface area contributed by atoms with Crippen LogP contribution in [0.5, 0.6) is 0 Å². The molecule has 1 aromatic heterocycles. The molecule has 0 saturated heterocycles. The fourth-order valence-electron chi connectivity index (χ4n) is 0.914. The van der Waals surface area contributed by atoms with Gasteiger partial charge >= 0.3 is 24.8 Å². The Labute approximate surface area is 91.5 Å². The number of anilines is 1. The zero-order valence-electron chi connectivity index (χ0n) is 6.28. The van der Waals surface area contributed by atoms with E-state index in [4.69, 9.17) is 5.11 Å². The summed E-state index contributed by atoms with van der Waals surface area (Å²) >= 11 is 1.34. The molecule has 1 aliphatic carbocycles. The zero-order chi connectivity index (χ0) is 8.55. The Hall–Kier alpha value is -0.503. The van der Waals surface area contributed by atoms with E-state index in [1.807, 2.05) is 0 Å². The molecule has 1 saturated carbocycles. The van der Waals surface area contributed by atoms with Crippen molar-refractivity contribution in [1.29, 1.82) is 0 Å². The molecule has 0 radical (unpaired) electrons. The molecular weight excluding hydrogens is 183 g/mol. The van der Waals surface area contributed by atoms with Crippen molar-refractivity contribution in [2.24, 2.45) is 0 Å². The van der Waals surface area contributed by atoms with Crippen molar-refractivity contribution in [2.75, 3.05) is 5.32 Å². The normalized spacial score (nSPS) is 14.8. The number of aromatic nitrogens is 1. The Morgan fingerprint density at radius 3 is 2.92 bits per heavy atom. The molecule has 0 unspecified atom stereocenters. The van der Waals surface area contributed by atoms with E-state index >= 15 is 0 Å². The first kappa shape index (κ1) is 10.6. The Morgan fingerprint density at radius 2 is 2.38 bits per heavy atom. The fraction of sp³-hybridized carbons (Fsp3) is 0.429. The second kappa shape index (κ2) is 4.14. The van der Waals surface area contributed by atoms with Gasteiger partial charge in [-0.05, 0) is 12.8 Å². The Balaban J connectivity index is 0.000000845. The Morgan fingerprint density at radius 1 is 1.69 bits per heavy atom. The molecule has 0 spiro atoms. The summed E-state index contributed by atoms with van der Waals surface area (Å²) in [6.45, 7) is 0. The van der Waals surface area contributed by atoms with E-state index in [9.17, 15) is 4.79 Å². The van der Waals surface area contributed by atoms with Gasteiger partial charge in [0.1, 0.15) is 5.00 Å². The molecule has 0 aliphatic heterocycles. The topological polar surface area (TPSA) is 62.2 Å². The number of carbonyl (C=O) groups is 1. The molecule has 13 heavy (non-hydrogen) atoms. The maximum atomic E-state index is 10.6. The number of hydrogen-bond acceptors (Lipinski definition) is 4. The second-order valence-corrected chi connectivity index (χ2v) is 3.61. The van der Waals surface area contributed by atoms with E-state index in [-0.39, 0.29) is 24.6 Å². The van der Waals surface area contributed by atoms with Crippen LogP contribution in [-0.4, -0.2) is 41.0 Å². The third kappa shape index (κ3) is 2.47. The molecule has 0 atom stereocenters. The molecule has 1 aromatic rings. The maximum absolute atomic E-state index is 10.6. The van der Waals surface area contributed by atoms with Gasteiger partial charge in [0.25, 0.3) is 0 Å². The molecule has 1 aliphatic rings. The predicted molar refractivity (Wildman–Crippen MR) is 52.9 cm³/mol. The van der Waals surface area contributed by atoms with Gasteiger partial charge in [0.15, 0.2) is 5.69 Å². The molecule has 6 heteroatoms. The molecule has 1 heterocycles. The quantitative estimate of drug-likeness (QED) is 0.694. The molecule has 0 aromatic carbocycles. The van der Waals surface area contributed by atoms with Crippen LogP contribution in [-0.2, 0) is 0 Å². The average Bonchev–Trinajstić information content (AvgIpc) is 2.66. The van der Waals surface area contributed by atoms with Gasteiger partial charge < -0.3 is 10.4 Å². The van der Waals surface area contributed by atoms with Gasteiger partial charge in [-0.15, -0.1) is 11.3 Å². The third-order valence-corrected chi connectivity index (χ3v) is 2.44. The minimum atomic E-state index is -0.959. The summed E-state index contributed by atoms with van der Waals surface area (Å²) in [5, 5.41) is 12.5. The molecule has 1 fully saturated rings. The summed E-state index contributed by atoms with van der Waals surface area (Å²) < 4.78 is 0.